The molecule has 0 N–H and O–H groups in total. The van der Waals surface area contributed by atoms with Crippen molar-refractivity contribution >= 4 is 22.9 Å². The zero-order valence-corrected chi connectivity index (χ0v) is 9.21. The van der Waals surface area contributed by atoms with Gasteiger partial charge in [-0.3, -0.25) is 0 Å². The summed E-state index contributed by atoms with van der Waals surface area (Å²) in [5.41, 5.74) is 0.283. The molecule has 0 spiro atoms. The molecule has 1 aromatic rings. The second-order valence-electron chi connectivity index (χ2n) is 3.88. The number of thiophene rings is 1. The summed E-state index contributed by atoms with van der Waals surface area (Å²) in [5, 5.41) is 2.13. The van der Waals surface area contributed by atoms with Crippen molar-refractivity contribution in [2.24, 2.45) is 5.41 Å². The van der Waals surface area contributed by atoms with Gasteiger partial charge in [0.15, 0.2) is 0 Å². The van der Waals surface area contributed by atoms with Crippen LogP contribution in [0.5, 0.6) is 0 Å². The third kappa shape index (κ3) is 3.16. The maximum Gasteiger partial charge on any atom is 0.0274 e. The molecule has 0 fully saturated rings. The van der Waals surface area contributed by atoms with Crippen molar-refractivity contribution in [2.75, 3.05) is 5.88 Å². The molecule has 0 bridgehead atoms. The number of alkyl halides is 1. The van der Waals surface area contributed by atoms with Crippen LogP contribution in [0.4, 0.5) is 0 Å². The topological polar surface area (TPSA) is 0 Å². The van der Waals surface area contributed by atoms with E-state index in [4.69, 9.17) is 11.6 Å². The van der Waals surface area contributed by atoms with Crippen LogP contribution in [0.3, 0.4) is 0 Å². The second-order valence-corrected chi connectivity index (χ2v) is 5.18. The van der Waals surface area contributed by atoms with Crippen LogP contribution in [0.25, 0.3) is 0 Å². The van der Waals surface area contributed by atoms with Gasteiger partial charge in [0.2, 0.25) is 0 Å². The van der Waals surface area contributed by atoms with Gasteiger partial charge in [-0.2, -0.15) is 0 Å². The quantitative estimate of drug-likeness (QED) is 0.649. The molecule has 2 heteroatoms. The summed E-state index contributed by atoms with van der Waals surface area (Å²) in [5.74, 6) is 0.748. The van der Waals surface area contributed by atoms with Gasteiger partial charge in [-0.25, -0.2) is 0 Å². The van der Waals surface area contributed by atoms with Crippen molar-refractivity contribution in [3.8, 4) is 0 Å². The highest BCUT2D eigenvalue weighted by Crippen LogP contribution is 2.25. The minimum Gasteiger partial charge on any atom is -0.149 e. The monoisotopic (exact) mass is 202 g/mol. The first kappa shape index (κ1) is 10.1. The molecule has 68 valence electrons. The number of rotatable bonds is 4. The maximum absolute atomic E-state index is 5.84. The first-order valence-electron chi connectivity index (χ1n) is 4.22. The predicted molar refractivity (Wildman–Crippen MR) is 57.1 cm³/mol. The first-order chi connectivity index (χ1) is 5.64. The highest BCUT2D eigenvalue weighted by atomic mass is 35.5. The third-order valence-corrected chi connectivity index (χ3v) is 3.65. The van der Waals surface area contributed by atoms with Crippen LogP contribution in [0.2, 0.25) is 0 Å². The van der Waals surface area contributed by atoms with Gasteiger partial charge in [0, 0.05) is 10.8 Å². The molecule has 0 nitrogen and oxygen atoms in total. The summed E-state index contributed by atoms with van der Waals surface area (Å²) < 4.78 is 0. The zero-order valence-electron chi connectivity index (χ0n) is 7.64. The fraction of sp³-hybridized carbons (Fsp3) is 0.600. The summed E-state index contributed by atoms with van der Waals surface area (Å²) in [6.07, 6.45) is 2.34. The van der Waals surface area contributed by atoms with E-state index in [-0.39, 0.29) is 5.41 Å². The van der Waals surface area contributed by atoms with E-state index in [0.29, 0.717) is 0 Å². The highest BCUT2D eigenvalue weighted by Gasteiger charge is 2.15. The average molecular weight is 203 g/mol. The third-order valence-electron chi connectivity index (χ3n) is 1.99. The van der Waals surface area contributed by atoms with Gasteiger partial charge in [0.05, 0.1) is 0 Å². The van der Waals surface area contributed by atoms with Crippen LogP contribution in [0.15, 0.2) is 17.5 Å². The number of aryl methyl sites for hydroxylation is 1. The van der Waals surface area contributed by atoms with E-state index in [1.54, 1.807) is 0 Å². The van der Waals surface area contributed by atoms with Gasteiger partial charge >= 0.3 is 0 Å². The SMILES string of the molecule is CC(C)(CCl)CCc1cccs1. The summed E-state index contributed by atoms with van der Waals surface area (Å²) in [6.45, 7) is 4.43. The Bertz CT molecular complexity index is 214. The van der Waals surface area contributed by atoms with Crippen molar-refractivity contribution in [3.05, 3.63) is 22.4 Å². The highest BCUT2D eigenvalue weighted by molar-refractivity contribution is 7.09. The average Bonchev–Trinajstić information content (AvgIpc) is 2.53. The van der Waals surface area contributed by atoms with Crippen LogP contribution < -0.4 is 0 Å². The summed E-state index contributed by atoms with van der Waals surface area (Å²) >= 11 is 7.67. The van der Waals surface area contributed by atoms with Crippen LogP contribution in [-0.2, 0) is 6.42 Å². The molecule has 0 aliphatic carbocycles. The molecule has 0 aliphatic rings. The summed E-state index contributed by atoms with van der Waals surface area (Å²) in [7, 11) is 0. The lowest BCUT2D eigenvalue weighted by Crippen LogP contribution is -2.13. The van der Waals surface area contributed by atoms with Crippen LogP contribution in [0.1, 0.15) is 25.1 Å². The normalized spacial score (nSPS) is 11.9. The Kier molecular flexibility index (Phi) is 3.60. The Morgan fingerprint density at radius 3 is 2.75 bits per heavy atom. The molecule has 12 heavy (non-hydrogen) atoms. The molecule has 0 radical (unpaired) electrons. The van der Waals surface area contributed by atoms with Gasteiger partial charge in [0.1, 0.15) is 0 Å². The molecule has 1 aromatic heterocycles. The Labute approximate surface area is 83.6 Å². The van der Waals surface area contributed by atoms with Gasteiger partial charge in [0.25, 0.3) is 0 Å². The molecule has 0 unspecified atom stereocenters. The standard InChI is InChI=1S/C10H15ClS/c1-10(2,8-11)6-5-9-4-3-7-12-9/h3-4,7H,5-6,8H2,1-2H3. The fourth-order valence-corrected chi connectivity index (χ4v) is 1.83. The predicted octanol–water partition coefficient (Wildman–Crippen LogP) is 3.95. The largest absolute Gasteiger partial charge is 0.149 e. The molecule has 0 saturated carbocycles. The van der Waals surface area contributed by atoms with Crippen molar-refractivity contribution < 1.29 is 0 Å². The molecule has 1 rings (SSSR count). The molecule has 0 saturated heterocycles. The molecule has 0 aromatic carbocycles. The summed E-state index contributed by atoms with van der Waals surface area (Å²) in [6, 6.07) is 4.29. The Morgan fingerprint density at radius 2 is 2.25 bits per heavy atom. The van der Waals surface area contributed by atoms with Crippen molar-refractivity contribution in [3.63, 3.8) is 0 Å². The lowest BCUT2D eigenvalue weighted by atomic mass is 9.90. The van der Waals surface area contributed by atoms with E-state index in [0.717, 1.165) is 12.3 Å². The second kappa shape index (κ2) is 4.29. The minimum absolute atomic E-state index is 0.283. The fourth-order valence-electron chi connectivity index (χ4n) is 0.983. The van der Waals surface area contributed by atoms with Crippen LogP contribution in [0, 0.1) is 5.41 Å². The van der Waals surface area contributed by atoms with E-state index in [2.05, 4.69) is 31.4 Å². The van der Waals surface area contributed by atoms with E-state index < -0.39 is 0 Å². The molecule has 0 aliphatic heterocycles. The van der Waals surface area contributed by atoms with Crippen molar-refractivity contribution in [2.45, 2.75) is 26.7 Å². The van der Waals surface area contributed by atoms with Crippen molar-refractivity contribution in [1.82, 2.24) is 0 Å². The van der Waals surface area contributed by atoms with Gasteiger partial charge in [-0.05, 0) is 29.7 Å². The van der Waals surface area contributed by atoms with Gasteiger partial charge in [-0.1, -0.05) is 19.9 Å². The molecular weight excluding hydrogens is 188 g/mol. The lowest BCUT2D eigenvalue weighted by Gasteiger charge is -2.20. The van der Waals surface area contributed by atoms with Gasteiger partial charge < -0.3 is 0 Å². The molecular formula is C10H15ClS. The number of hydrogen-bond donors (Lipinski definition) is 0. The Hall–Kier alpha value is -0.0100. The molecule has 1 heterocycles. The number of halogens is 1. The minimum atomic E-state index is 0.283. The zero-order chi connectivity index (χ0) is 9.03. The lowest BCUT2D eigenvalue weighted by molar-refractivity contribution is 0.386. The van der Waals surface area contributed by atoms with E-state index in [9.17, 15) is 0 Å². The smallest absolute Gasteiger partial charge is 0.0274 e. The molecule has 0 amide bonds. The summed E-state index contributed by atoms with van der Waals surface area (Å²) in [4.78, 5) is 1.47. The first-order valence-corrected chi connectivity index (χ1v) is 5.64. The van der Waals surface area contributed by atoms with Gasteiger partial charge in [-0.15, -0.1) is 22.9 Å². The van der Waals surface area contributed by atoms with E-state index in [1.807, 2.05) is 11.3 Å². The van der Waals surface area contributed by atoms with Crippen molar-refractivity contribution in [1.29, 1.82) is 0 Å². The Balaban J connectivity index is 2.36. The Morgan fingerprint density at radius 1 is 1.50 bits per heavy atom. The maximum atomic E-state index is 5.84. The molecule has 0 atom stereocenters. The van der Waals surface area contributed by atoms with E-state index >= 15 is 0 Å². The van der Waals surface area contributed by atoms with E-state index in [1.165, 1.54) is 11.3 Å². The van der Waals surface area contributed by atoms with Crippen LogP contribution >= 0.6 is 22.9 Å². The van der Waals surface area contributed by atoms with Crippen LogP contribution in [-0.4, -0.2) is 5.88 Å². The number of hydrogen-bond acceptors (Lipinski definition) is 1.